The van der Waals surface area contributed by atoms with Gasteiger partial charge in [-0.25, -0.2) is 0 Å². The molecule has 0 radical (unpaired) electrons. The highest BCUT2D eigenvalue weighted by Crippen LogP contribution is 2.19. The summed E-state index contributed by atoms with van der Waals surface area (Å²) < 4.78 is 5.57. The maximum absolute atomic E-state index is 12.4. The SMILES string of the molecule is C[C@H](NC(=O)C[NH2+][C@@H](c1ccccc1)c1ccco1)c1cccc(Cl)c1. The van der Waals surface area contributed by atoms with Crippen LogP contribution in [0, 0.1) is 0 Å². The third-order valence-electron chi connectivity index (χ3n) is 4.27. The van der Waals surface area contributed by atoms with Crippen molar-refractivity contribution in [2.24, 2.45) is 0 Å². The summed E-state index contributed by atoms with van der Waals surface area (Å²) in [5.74, 6) is 0.789. The molecular weight excluding hydrogens is 348 g/mol. The number of benzene rings is 2. The Morgan fingerprint density at radius 1 is 1.08 bits per heavy atom. The Hall–Kier alpha value is -2.56. The Morgan fingerprint density at radius 3 is 2.54 bits per heavy atom. The van der Waals surface area contributed by atoms with Gasteiger partial charge in [-0.1, -0.05) is 54.1 Å². The van der Waals surface area contributed by atoms with Crippen molar-refractivity contribution in [2.75, 3.05) is 6.54 Å². The van der Waals surface area contributed by atoms with Crippen LogP contribution in [0.5, 0.6) is 0 Å². The van der Waals surface area contributed by atoms with Gasteiger partial charge in [-0.3, -0.25) is 4.79 Å². The van der Waals surface area contributed by atoms with Crippen LogP contribution in [0.3, 0.4) is 0 Å². The molecule has 0 spiro atoms. The van der Waals surface area contributed by atoms with Crippen molar-refractivity contribution in [3.63, 3.8) is 0 Å². The van der Waals surface area contributed by atoms with Crippen LogP contribution < -0.4 is 10.6 Å². The van der Waals surface area contributed by atoms with Crippen molar-refractivity contribution in [2.45, 2.75) is 19.0 Å². The van der Waals surface area contributed by atoms with Gasteiger partial charge in [0, 0.05) is 10.6 Å². The van der Waals surface area contributed by atoms with Crippen LogP contribution in [-0.2, 0) is 4.79 Å². The number of halogens is 1. The molecule has 0 unspecified atom stereocenters. The van der Waals surface area contributed by atoms with Crippen LogP contribution in [0.25, 0.3) is 0 Å². The molecule has 3 N–H and O–H groups in total. The second-order valence-corrected chi connectivity index (χ2v) is 6.62. The Balaban J connectivity index is 1.63. The molecule has 0 aliphatic rings. The smallest absolute Gasteiger partial charge is 0.275 e. The van der Waals surface area contributed by atoms with Gasteiger partial charge in [0.05, 0.1) is 12.3 Å². The molecule has 26 heavy (non-hydrogen) atoms. The molecule has 0 saturated heterocycles. The highest BCUT2D eigenvalue weighted by Gasteiger charge is 2.22. The summed E-state index contributed by atoms with van der Waals surface area (Å²) >= 11 is 6.02. The zero-order valence-corrected chi connectivity index (χ0v) is 15.3. The second-order valence-electron chi connectivity index (χ2n) is 6.19. The lowest BCUT2D eigenvalue weighted by Crippen LogP contribution is -2.87. The monoisotopic (exact) mass is 369 g/mol. The molecule has 3 aromatic rings. The minimum absolute atomic E-state index is 0.0371. The fourth-order valence-corrected chi connectivity index (χ4v) is 3.13. The van der Waals surface area contributed by atoms with E-state index in [2.05, 4.69) is 5.32 Å². The van der Waals surface area contributed by atoms with Gasteiger partial charge >= 0.3 is 0 Å². The normalized spacial score (nSPS) is 13.2. The molecule has 0 saturated carbocycles. The summed E-state index contributed by atoms with van der Waals surface area (Å²) in [5.41, 5.74) is 2.08. The molecule has 0 aliphatic heterocycles. The summed E-state index contributed by atoms with van der Waals surface area (Å²) in [6.45, 7) is 2.25. The van der Waals surface area contributed by atoms with Crippen molar-refractivity contribution in [3.8, 4) is 0 Å². The molecule has 1 amide bonds. The van der Waals surface area contributed by atoms with Gasteiger partial charge in [-0.05, 0) is 36.8 Å². The fraction of sp³-hybridized carbons (Fsp3) is 0.190. The van der Waals surface area contributed by atoms with Gasteiger partial charge in [0.1, 0.15) is 0 Å². The Kier molecular flexibility index (Phi) is 6.10. The maximum Gasteiger partial charge on any atom is 0.275 e. The zero-order chi connectivity index (χ0) is 18.4. The standard InChI is InChI=1S/C21H21ClN2O2/c1-15(17-9-5-10-18(22)13-17)24-20(25)14-23-21(19-11-6-12-26-19)16-7-3-2-4-8-16/h2-13,15,21,23H,14H2,1H3,(H,24,25)/p+1/t15-,21-/m0/s1. The van der Waals surface area contributed by atoms with Gasteiger partial charge in [-0.15, -0.1) is 0 Å². The van der Waals surface area contributed by atoms with Crippen LogP contribution in [0.4, 0.5) is 0 Å². The van der Waals surface area contributed by atoms with E-state index in [-0.39, 0.29) is 18.0 Å². The van der Waals surface area contributed by atoms with Gasteiger partial charge in [0.25, 0.3) is 5.91 Å². The van der Waals surface area contributed by atoms with Gasteiger partial charge in [0.15, 0.2) is 18.3 Å². The minimum atomic E-state index is -0.103. The van der Waals surface area contributed by atoms with E-state index >= 15 is 0 Å². The summed E-state index contributed by atoms with van der Waals surface area (Å²) in [4.78, 5) is 12.4. The van der Waals surface area contributed by atoms with Crippen molar-refractivity contribution >= 4 is 17.5 Å². The van der Waals surface area contributed by atoms with Crippen LogP contribution in [-0.4, -0.2) is 12.5 Å². The van der Waals surface area contributed by atoms with E-state index in [0.29, 0.717) is 11.6 Å². The van der Waals surface area contributed by atoms with Crippen molar-refractivity contribution < 1.29 is 14.5 Å². The largest absolute Gasteiger partial charge is 0.463 e. The van der Waals surface area contributed by atoms with E-state index < -0.39 is 0 Å². The number of amides is 1. The molecule has 2 aromatic carbocycles. The highest BCUT2D eigenvalue weighted by molar-refractivity contribution is 6.30. The molecule has 2 atom stereocenters. The summed E-state index contributed by atoms with van der Waals surface area (Å²) in [5, 5.41) is 5.66. The summed E-state index contributed by atoms with van der Waals surface area (Å²) in [6, 6.07) is 21.2. The van der Waals surface area contributed by atoms with E-state index in [1.165, 1.54) is 0 Å². The Bertz CT molecular complexity index is 834. The first-order chi connectivity index (χ1) is 12.6. The Morgan fingerprint density at radius 2 is 1.85 bits per heavy atom. The lowest BCUT2D eigenvalue weighted by Gasteiger charge is -2.17. The van der Waals surface area contributed by atoms with Crippen LogP contribution in [0.1, 0.15) is 35.9 Å². The Labute approximate surface area is 158 Å². The fourth-order valence-electron chi connectivity index (χ4n) is 2.93. The van der Waals surface area contributed by atoms with Crippen LogP contribution in [0.2, 0.25) is 5.02 Å². The molecule has 4 nitrogen and oxygen atoms in total. The number of rotatable bonds is 7. The first kappa shape index (κ1) is 18.2. The number of hydrogen-bond donors (Lipinski definition) is 2. The van der Waals surface area contributed by atoms with Crippen molar-refractivity contribution in [1.29, 1.82) is 0 Å². The van der Waals surface area contributed by atoms with Crippen molar-refractivity contribution in [3.05, 3.63) is 94.9 Å². The average molecular weight is 370 g/mol. The molecule has 134 valence electrons. The molecule has 5 heteroatoms. The molecule has 0 aliphatic carbocycles. The first-order valence-electron chi connectivity index (χ1n) is 8.60. The second kappa shape index (κ2) is 8.70. The predicted molar refractivity (Wildman–Crippen MR) is 102 cm³/mol. The molecule has 1 heterocycles. The molecule has 0 bridgehead atoms. The maximum atomic E-state index is 12.4. The predicted octanol–water partition coefficient (Wildman–Crippen LogP) is 3.46. The molecule has 1 aromatic heterocycles. The molecule has 0 fully saturated rings. The number of quaternary nitrogens is 1. The minimum Gasteiger partial charge on any atom is -0.463 e. The van der Waals surface area contributed by atoms with E-state index in [4.69, 9.17) is 16.0 Å². The lowest BCUT2D eigenvalue weighted by molar-refractivity contribution is -0.678. The van der Waals surface area contributed by atoms with Crippen molar-refractivity contribution in [1.82, 2.24) is 5.32 Å². The van der Waals surface area contributed by atoms with Gasteiger partial charge in [0.2, 0.25) is 0 Å². The zero-order valence-electron chi connectivity index (χ0n) is 14.6. The van der Waals surface area contributed by atoms with E-state index in [9.17, 15) is 4.79 Å². The number of nitrogens with two attached hydrogens (primary N) is 1. The molecule has 3 rings (SSSR count). The first-order valence-corrected chi connectivity index (χ1v) is 8.98. The third-order valence-corrected chi connectivity index (χ3v) is 4.51. The van der Waals surface area contributed by atoms with E-state index in [0.717, 1.165) is 16.9 Å². The quantitative estimate of drug-likeness (QED) is 0.670. The average Bonchev–Trinajstić information content (AvgIpc) is 3.17. The van der Waals surface area contributed by atoms with E-state index in [1.807, 2.05) is 79.0 Å². The summed E-state index contributed by atoms with van der Waals surface area (Å²) in [7, 11) is 0. The number of carbonyl (C=O) groups excluding carboxylic acids is 1. The third kappa shape index (κ3) is 4.75. The van der Waals surface area contributed by atoms with Crippen LogP contribution >= 0.6 is 11.6 Å². The number of nitrogens with one attached hydrogen (secondary N) is 1. The van der Waals surface area contributed by atoms with E-state index in [1.54, 1.807) is 6.26 Å². The topological polar surface area (TPSA) is 58.9 Å². The highest BCUT2D eigenvalue weighted by atomic mass is 35.5. The van der Waals surface area contributed by atoms with Gasteiger partial charge in [-0.2, -0.15) is 0 Å². The number of carbonyl (C=O) groups is 1. The molecular formula is C21H22ClN2O2+. The van der Waals surface area contributed by atoms with Crippen LogP contribution in [0.15, 0.2) is 77.4 Å². The lowest BCUT2D eigenvalue weighted by atomic mass is 10.0. The number of hydrogen-bond acceptors (Lipinski definition) is 2. The summed E-state index contributed by atoms with van der Waals surface area (Å²) in [6.07, 6.45) is 1.65. The number of furan rings is 1. The van der Waals surface area contributed by atoms with Gasteiger partial charge < -0.3 is 15.1 Å².